The van der Waals surface area contributed by atoms with E-state index in [1.54, 1.807) is 0 Å². The Bertz CT molecular complexity index is 1450. The van der Waals surface area contributed by atoms with Gasteiger partial charge in [0.1, 0.15) is 28.8 Å². The molecule has 0 aliphatic rings. The first kappa shape index (κ1) is 27.8. The van der Waals surface area contributed by atoms with E-state index in [0.717, 1.165) is 24.1 Å². The molecule has 4 rings (SSSR count). The molecule has 0 saturated carbocycles. The maximum absolute atomic E-state index is 14.8. The van der Waals surface area contributed by atoms with Crippen molar-refractivity contribution >= 4 is 0 Å². The van der Waals surface area contributed by atoms with Gasteiger partial charge in [0.05, 0.1) is 0 Å². The van der Waals surface area contributed by atoms with Gasteiger partial charge in [0.25, 0.3) is 0 Å². The van der Waals surface area contributed by atoms with E-state index in [0.29, 0.717) is 36.8 Å². The van der Waals surface area contributed by atoms with E-state index in [2.05, 4.69) is 19.4 Å². The van der Waals surface area contributed by atoms with Crippen LogP contribution < -0.4 is 9.47 Å². The number of nitrogens with zero attached hydrogens (tertiary/aromatic N) is 2. The normalized spacial score (nSPS) is 11.5. The van der Waals surface area contributed by atoms with Gasteiger partial charge in [-0.2, -0.15) is 8.78 Å². The molecule has 4 aromatic rings. The number of aryl methyl sites for hydroxylation is 1. The largest absolute Gasteiger partial charge is 0.457 e. The van der Waals surface area contributed by atoms with Crippen LogP contribution in [0.25, 0.3) is 22.5 Å². The molecule has 0 unspecified atom stereocenters. The van der Waals surface area contributed by atoms with E-state index in [1.165, 1.54) is 12.4 Å². The van der Waals surface area contributed by atoms with Crippen molar-refractivity contribution in [1.29, 1.82) is 0 Å². The molecule has 0 bridgehead atoms. The predicted molar refractivity (Wildman–Crippen MR) is 124 cm³/mol. The van der Waals surface area contributed by atoms with Gasteiger partial charge >= 0.3 is 6.11 Å². The number of aromatic nitrogens is 2. The number of ether oxygens (including phenoxy) is 2. The van der Waals surface area contributed by atoms with Crippen LogP contribution in [0, 0.1) is 29.1 Å². The fourth-order valence-corrected chi connectivity index (χ4v) is 3.80. The van der Waals surface area contributed by atoms with E-state index in [-0.39, 0.29) is 17.0 Å². The van der Waals surface area contributed by atoms with Gasteiger partial charge in [-0.1, -0.05) is 13.3 Å². The Balaban J connectivity index is 1.59. The minimum atomic E-state index is -4.59. The van der Waals surface area contributed by atoms with Crippen molar-refractivity contribution in [2.75, 3.05) is 6.86 Å². The van der Waals surface area contributed by atoms with Gasteiger partial charge in [-0.15, -0.1) is 0 Å². The van der Waals surface area contributed by atoms with E-state index in [1.807, 2.05) is 6.92 Å². The molecule has 1 aromatic heterocycles. The van der Waals surface area contributed by atoms with Crippen molar-refractivity contribution in [3.05, 3.63) is 95.1 Å². The van der Waals surface area contributed by atoms with Crippen LogP contribution in [0.5, 0.6) is 11.5 Å². The fraction of sp³-hybridized carbons (Fsp3) is 0.185. The number of rotatable bonds is 9. The number of hydrogen-bond acceptors (Lipinski definition) is 4. The Kier molecular flexibility index (Phi) is 8.03. The molecule has 0 atom stereocenters. The Morgan fingerprint density at radius 2 is 1.36 bits per heavy atom. The third kappa shape index (κ3) is 5.94. The van der Waals surface area contributed by atoms with E-state index >= 15 is 0 Å². The first-order chi connectivity index (χ1) is 18.5. The van der Waals surface area contributed by atoms with E-state index < -0.39 is 64.7 Å². The van der Waals surface area contributed by atoms with Gasteiger partial charge in [-0.05, 0) is 53.9 Å². The van der Waals surface area contributed by atoms with Crippen LogP contribution >= 0.6 is 0 Å². The third-order valence-corrected chi connectivity index (χ3v) is 5.53. The SMILES string of the molecule is CCCc1cnc(-c2cc(F)c(C(F)(F)Oc3ccc(-c4cc(F)c(OCF)c(F)c4)c(F)c3)c(F)c2)nc1. The van der Waals surface area contributed by atoms with Crippen molar-refractivity contribution < 1.29 is 44.6 Å². The average molecular weight is 554 g/mol. The Labute approximate surface area is 216 Å². The number of hydrogen-bond donors (Lipinski definition) is 0. The highest BCUT2D eigenvalue weighted by Gasteiger charge is 2.41. The van der Waals surface area contributed by atoms with Crippen LogP contribution in [0.4, 0.5) is 35.1 Å². The van der Waals surface area contributed by atoms with E-state index in [9.17, 15) is 35.1 Å². The second kappa shape index (κ2) is 11.3. The molecule has 0 aliphatic carbocycles. The molecular formula is C27H18F8N2O2. The molecule has 0 spiro atoms. The maximum Gasteiger partial charge on any atom is 0.432 e. The monoisotopic (exact) mass is 554 g/mol. The summed E-state index contributed by atoms with van der Waals surface area (Å²) in [5, 5.41) is 0. The molecule has 3 aromatic carbocycles. The molecule has 0 aliphatic heterocycles. The third-order valence-electron chi connectivity index (χ3n) is 5.53. The lowest BCUT2D eigenvalue weighted by Gasteiger charge is -2.20. The maximum atomic E-state index is 14.8. The molecule has 0 amide bonds. The molecule has 0 radical (unpaired) electrons. The summed E-state index contributed by atoms with van der Waals surface area (Å²) in [6.45, 7) is 0.432. The van der Waals surface area contributed by atoms with Crippen LogP contribution in [-0.4, -0.2) is 16.8 Å². The summed E-state index contributed by atoms with van der Waals surface area (Å²) in [5.41, 5.74) is -1.92. The van der Waals surface area contributed by atoms with E-state index in [4.69, 9.17) is 0 Å². The average Bonchev–Trinajstić information content (AvgIpc) is 2.86. The van der Waals surface area contributed by atoms with Gasteiger partial charge in [-0.3, -0.25) is 0 Å². The van der Waals surface area contributed by atoms with Crippen molar-refractivity contribution in [2.45, 2.75) is 25.9 Å². The van der Waals surface area contributed by atoms with Crippen molar-refractivity contribution in [3.63, 3.8) is 0 Å². The predicted octanol–water partition coefficient (Wildman–Crippen LogP) is 7.89. The van der Waals surface area contributed by atoms with Gasteiger partial charge in [0.15, 0.2) is 23.2 Å². The number of halogens is 8. The quantitative estimate of drug-likeness (QED) is 0.198. The van der Waals surface area contributed by atoms with Crippen LogP contribution in [0.2, 0.25) is 0 Å². The molecule has 1 heterocycles. The fourth-order valence-electron chi connectivity index (χ4n) is 3.80. The highest BCUT2D eigenvalue weighted by atomic mass is 19.3. The zero-order valence-electron chi connectivity index (χ0n) is 20.1. The molecule has 4 nitrogen and oxygen atoms in total. The Morgan fingerprint density at radius 1 is 0.769 bits per heavy atom. The van der Waals surface area contributed by atoms with Crippen LogP contribution in [-0.2, 0) is 12.5 Å². The lowest BCUT2D eigenvalue weighted by molar-refractivity contribution is -0.189. The topological polar surface area (TPSA) is 44.2 Å². The van der Waals surface area contributed by atoms with Crippen LogP contribution in [0.3, 0.4) is 0 Å². The van der Waals surface area contributed by atoms with Gasteiger partial charge in [0, 0.05) is 29.6 Å². The lowest BCUT2D eigenvalue weighted by Crippen LogP contribution is -2.25. The van der Waals surface area contributed by atoms with Gasteiger partial charge < -0.3 is 9.47 Å². The summed E-state index contributed by atoms with van der Waals surface area (Å²) in [6.07, 6.45) is -0.164. The first-order valence-corrected chi connectivity index (χ1v) is 11.4. The molecule has 0 fully saturated rings. The molecular weight excluding hydrogens is 536 g/mol. The van der Waals surface area contributed by atoms with Crippen LogP contribution in [0.1, 0.15) is 24.5 Å². The van der Waals surface area contributed by atoms with Gasteiger partial charge in [-0.25, -0.2) is 36.3 Å². The highest BCUT2D eigenvalue weighted by Crippen LogP contribution is 2.38. The zero-order chi connectivity index (χ0) is 28.3. The number of benzene rings is 3. The zero-order valence-corrected chi connectivity index (χ0v) is 20.1. The Morgan fingerprint density at radius 3 is 1.90 bits per heavy atom. The summed E-state index contributed by atoms with van der Waals surface area (Å²) < 4.78 is 123. The molecule has 12 heteroatoms. The smallest absolute Gasteiger partial charge is 0.432 e. The minimum absolute atomic E-state index is 0.0849. The van der Waals surface area contributed by atoms with Gasteiger partial charge in [0.2, 0.25) is 6.86 Å². The molecule has 39 heavy (non-hydrogen) atoms. The Hall–Kier alpha value is -4.22. The second-order valence-corrected chi connectivity index (χ2v) is 8.26. The standard InChI is InChI=1S/C27H18F8N2O2/c1-2-3-14-11-36-26(37-12-14)16-8-20(30)24(21(31)9-16)27(34,35)39-17-4-5-18(19(29)10-17)15-6-22(32)25(38-13-28)23(33)7-15/h4-12H,2-3,13H2,1H3. The van der Waals surface area contributed by atoms with Crippen LogP contribution in [0.15, 0.2) is 54.9 Å². The van der Waals surface area contributed by atoms with Crippen molar-refractivity contribution in [1.82, 2.24) is 9.97 Å². The number of alkyl halides is 3. The molecule has 0 saturated heterocycles. The minimum Gasteiger partial charge on any atom is -0.457 e. The van der Waals surface area contributed by atoms with Crippen molar-refractivity contribution in [2.24, 2.45) is 0 Å². The lowest BCUT2D eigenvalue weighted by atomic mass is 10.0. The highest BCUT2D eigenvalue weighted by molar-refractivity contribution is 5.66. The molecule has 0 N–H and O–H groups in total. The molecule has 204 valence electrons. The van der Waals surface area contributed by atoms with Crippen molar-refractivity contribution in [3.8, 4) is 34.0 Å². The summed E-state index contributed by atoms with van der Waals surface area (Å²) >= 11 is 0. The summed E-state index contributed by atoms with van der Waals surface area (Å²) in [7, 11) is 0. The summed E-state index contributed by atoms with van der Waals surface area (Å²) in [4.78, 5) is 8.00. The first-order valence-electron chi connectivity index (χ1n) is 11.4. The second-order valence-electron chi connectivity index (χ2n) is 8.26. The summed E-state index contributed by atoms with van der Waals surface area (Å²) in [5.74, 6) is -9.16. The summed E-state index contributed by atoms with van der Waals surface area (Å²) in [6, 6.07) is 4.65.